The minimum atomic E-state index is -0.255. The molecule has 1 N–H and O–H groups in total. The van der Waals surface area contributed by atoms with Gasteiger partial charge < -0.3 is 4.98 Å². The predicted octanol–water partition coefficient (Wildman–Crippen LogP) is 1.79. The Balaban J connectivity index is 3.38. The zero-order chi connectivity index (χ0) is 9.14. The first-order valence-electron chi connectivity index (χ1n) is 3.15. The van der Waals surface area contributed by atoms with Crippen LogP contribution in [0.3, 0.4) is 0 Å². The number of H-pyrrole nitrogens is 1. The van der Waals surface area contributed by atoms with Crippen molar-refractivity contribution >= 4 is 29.4 Å². The number of halogens is 1. The van der Waals surface area contributed by atoms with E-state index in [4.69, 9.17) is 11.6 Å². The lowest BCUT2D eigenvalue weighted by molar-refractivity contribution is 0.935. The summed E-state index contributed by atoms with van der Waals surface area (Å²) >= 11 is 7.03. The Morgan fingerprint density at radius 1 is 1.75 bits per heavy atom. The number of aromatic amines is 1. The van der Waals surface area contributed by atoms with Gasteiger partial charge in [0.2, 0.25) is 0 Å². The van der Waals surface area contributed by atoms with Crippen LogP contribution >= 0.6 is 23.4 Å². The molecule has 0 atom stereocenters. The normalized spacial score (nSPS) is 9.83. The van der Waals surface area contributed by atoms with Gasteiger partial charge in [-0.15, -0.1) is 0 Å². The molecule has 0 saturated carbocycles. The number of aromatic nitrogens is 2. The first-order valence-corrected chi connectivity index (χ1v) is 4.75. The molecule has 0 saturated heterocycles. The monoisotopic (exact) mass is 202 g/mol. The van der Waals surface area contributed by atoms with Crippen LogP contribution in [0.15, 0.2) is 16.5 Å². The van der Waals surface area contributed by atoms with Gasteiger partial charge in [-0.2, -0.15) is 0 Å². The Morgan fingerprint density at radius 2 is 2.42 bits per heavy atom. The fourth-order valence-corrected chi connectivity index (χ4v) is 1.38. The zero-order valence-electron chi connectivity index (χ0n) is 6.43. The van der Waals surface area contributed by atoms with Crippen molar-refractivity contribution in [1.29, 1.82) is 0 Å². The van der Waals surface area contributed by atoms with Crippen molar-refractivity contribution in [3.8, 4) is 0 Å². The molecule has 0 aliphatic carbocycles. The Bertz CT molecular complexity index is 361. The summed E-state index contributed by atoms with van der Waals surface area (Å²) in [4.78, 5) is 17.7. The summed E-state index contributed by atoms with van der Waals surface area (Å²) in [5.74, 6) is 0. The third-order valence-electron chi connectivity index (χ3n) is 1.28. The molecule has 0 amide bonds. The summed E-state index contributed by atoms with van der Waals surface area (Å²) in [6.45, 7) is 3.46. The molecular weight excluding hydrogens is 196 g/mol. The fourth-order valence-electron chi connectivity index (χ4n) is 0.709. The molecule has 1 heterocycles. The van der Waals surface area contributed by atoms with E-state index >= 15 is 0 Å². The third-order valence-corrected chi connectivity index (χ3v) is 2.15. The second-order valence-electron chi connectivity index (χ2n) is 1.98. The van der Waals surface area contributed by atoms with Crippen LogP contribution in [0.2, 0.25) is 5.15 Å². The van der Waals surface area contributed by atoms with Crippen LogP contribution in [0.25, 0.3) is 6.08 Å². The lowest BCUT2D eigenvalue weighted by Gasteiger charge is -1.98. The SMILES string of the molecule is C=Cc1c(Cl)nc(SC)[nH]c1=O. The topological polar surface area (TPSA) is 45.8 Å². The summed E-state index contributed by atoms with van der Waals surface area (Å²) in [6, 6.07) is 0. The second kappa shape index (κ2) is 3.78. The number of rotatable bonds is 2. The van der Waals surface area contributed by atoms with Crippen molar-refractivity contribution in [2.24, 2.45) is 0 Å². The van der Waals surface area contributed by atoms with Gasteiger partial charge in [0.15, 0.2) is 5.16 Å². The molecule has 0 radical (unpaired) electrons. The van der Waals surface area contributed by atoms with E-state index in [1.807, 2.05) is 6.26 Å². The molecule has 1 aromatic rings. The molecule has 0 aromatic carbocycles. The molecule has 0 fully saturated rings. The number of hydrogen-bond donors (Lipinski definition) is 1. The van der Waals surface area contributed by atoms with E-state index in [-0.39, 0.29) is 10.7 Å². The van der Waals surface area contributed by atoms with Crippen LogP contribution < -0.4 is 5.56 Å². The number of nitrogens with zero attached hydrogens (tertiary/aromatic N) is 1. The highest BCUT2D eigenvalue weighted by Crippen LogP contribution is 2.13. The second-order valence-corrected chi connectivity index (χ2v) is 3.14. The first kappa shape index (κ1) is 9.35. The van der Waals surface area contributed by atoms with E-state index < -0.39 is 0 Å². The van der Waals surface area contributed by atoms with E-state index in [0.29, 0.717) is 10.7 Å². The van der Waals surface area contributed by atoms with E-state index in [1.54, 1.807) is 0 Å². The third kappa shape index (κ3) is 1.70. The number of thioether (sulfide) groups is 1. The molecule has 0 spiro atoms. The molecule has 0 bridgehead atoms. The van der Waals surface area contributed by atoms with Crippen molar-refractivity contribution in [3.05, 3.63) is 27.6 Å². The summed E-state index contributed by atoms with van der Waals surface area (Å²) in [6.07, 6.45) is 3.19. The Kier molecular flexibility index (Phi) is 2.94. The highest BCUT2D eigenvalue weighted by Gasteiger charge is 2.04. The standard InChI is InChI=1S/C7H7ClN2OS/c1-3-4-5(8)9-7(12-2)10-6(4)11/h3H,1H2,2H3,(H,9,10,11). The Labute approximate surface area is 78.9 Å². The summed E-state index contributed by atoms with van der Waals surface area (Å²) in [7, 11) is 0. The molecule has 0 aliphatic heterocycles. The summed E-state index contributed by atoms with van der Waals surface area (Å²) < 4.78 is 0. The van der Waals surface area contributed by atoms with Crippen LogP contribution in [0.4, 0.5) is 0 Å². The molecule has 3 nitrogen and oxygen atoms in total. The fraction of sp³-hybridized carbons (Fsp3) is 0.143. The van der Waals surface area contributed by atoms with Crippen molar-refractivity contribution in [3.63, 3.8) is 0 Å². The quantitative estimate of drug-likeness (QED) is 0.452. The molecule has 1 aromatic heterocycles. The van der Waals surface area contributed by atoms with Gasteiger partial charge in [0.1, 0.15) is 5.15 Å². The van der Waals surface area contributed by atoms with Gasteiger partial charge >= 0.3 is 0 Å². The maximum absolute atomic E-state index is 11.2. The minimum Gasteiger partial charge on any atom is -0.301 e. The minimum absolute atomic E-state index is 0.193. The highest BCUT2D eigenvalue weighted by molar-refractivity contribution is 7.98. The van der Waals surface area contributed by atoms with Crippen LogP contribution in [0.1, 0.15) is 5.56 Å². The van der Waals surface area contributed by atoms with Crippen LogP contribution in [-0.2, 0) is 0 Å². The molecule has 0 aliphatic rings. The van der Waals surface area contributed by atoms with Crippen LogP contribution in [-0.4, -0.2) is 16.2 Å². The van der Waals surface area contributed by atoms with Gasteiger partial charge in [-0.25, -0.2) is 4.98 Å². The van der Waals surface area contributed by atoms with Crippen molar-refractivity contribution in [2.45, 2.75) is 5.16 Å². The lowest BCUT2D eigenvalue weighted by Crippen LogP contribution is -2.12. The largest absolute Gasteiger partial charge is 0.301 e. The number of nitrogens with one attached hydrogen (secondary N) is 1. The first-order chi connectivity index (χ1) is 5.69. The van der Waals surface area contributed by atoms with Gasteiger partial charge in [-0.3, -0.25) is 4.79 Å². The molecular formula is C7H7ClN2OS. The van der Waals surface area contributed by atoms with E-state index in [2.05, 4.69) is 16.5 Å². The molecule has 64 valence electrons. The molecule has 0 unspecified atom stereocenters. The van der Waals surface area contributed by atoms with Crippen molar-refractivity contribution in [2.75, 3.05) is 6.26 Å². The molecule has 1 rings (SSSR count). The van der Waals surface area contributed by atoms with Crippen LogP contribution in [0.5, 0.6) is 0 Å². The smallest absolute Gasteiger partial charge is 0.260 e. The van der Waals surface area contributed by atoms with Gasteiger partial charge in [0.05, 0.1) is 5.56 Å². The van der Waals surface area contributed by atoms with E-state index in [9.17, 15) is 4.79 Å². The van der Waals surface area contributed by atoms with Crippen molar-refractivity contribution in [1.82, 2.24) is 9.97 Å². The Morgan fingerprint density at radius 3 is 2.83 bits per heavy atom. The van der Waals surface area contributed by atoms with Gasteiger partial charge in [-0.05, 0) is 6.26 Å². The van der Waals surface area contributed by atoms with E-state index in [0.717, 1.165) is 0 Å². The number of hydrogen-bond acceptors (Lipinski definition) is 3. The maximum atomic E-state index is 11.2. The average molecular weight is 203 g/mol. The Hall–Kier alpha value is -0.740. The van der Waals surface area contributed by atoms with Gasteiger partial charge in [-0.1, -0.05) is 36.0 Å². The van der Waals surface area contributed by atoms with Gasteiger partial charge in [0.25, 0.3) is 5.56 Å². The predicted molar refractivity (Wildman–Crippen MR) is 51.7 cm³/mol. The molecule has 5 heteroatoms. The lowest BCUT2D eigenvalue weighted by atomic mass is 10.3. The van der Waals surface area contributed by atoms with Gasteiger partial charge in [0, 0.05) is 0 Å². The highest BCUT2D eigenvalue weighted by atomic mass is 35.5. The summed E-state index contributed by atoms with van der Waals surface area (Å²) in [5, 5.41) is 0.703. The molecule has 12 heavy (non-hydrogen) atoms. The van der Waals surface area contributed by atoms with Crippen molar-refractivity contribution < 1.29 is 0 Å². The van der Waals surface area contributed by atoms with Crippen LogP contribution in [0, 0.1) is 0 Å². The zero-order valence-corrected chi connectivity index (χ0v) is 8.00. The van der Waals surface area contributed by atoms with E-state index in [1.165, 1.54) is 17.8 Å². The average Bonchev–Trinajstić information content (AvgIpc) is 2.03. The summed E-state index contributed by atoms with van der Waals surface area (Å²) in [5.41, 5.74) is 0.0591. The maximum Gasteiger partial charge on any atom is 0.260 e.